The molecular formula is C21H29N3O2. The van der Waals surface area contributed by atoms with Gasteiger partial charge in [0.25, 0.3) is 0 Å². The first-order valence-corrected chi connectivity index (χ1v) is 9.52. The molecule has 2 heterocycles. The topological polar surface area (TPSA) is 50.0 Å². The number of hydrogen-bond acceptors (Lipinski definition) is 3. The standard InChI is InChI=1S/C21H29N3O2/c1-2-22-21(23-12-10-20-9-6-14-26-20)24-13-11-19(15-24)17-25-16-18-7-4-3-5-8-18/h3-9,14,19H,2,10-13,15-17H2,1H3,(H,22,23). The van der Waals surface area contributed by atoms with Crippen LogP contribution in [0.25, 0.3) is 0 Å². The minimum Gasteiger partial charge on any atom is -0.469 e. The van der Waals surface area contributed by atoms with Crippen molar-refractivity contribution in [3.05, 3.63) is 60.1 Å². The zero-order chi connectivity index (χ0) is 18.0. The van der Waals surface area contributed by atoms with Crippen LogP contribution < -0.4 is 5.32 Å². The molecule has 1 unspecified atom stereocenters. The Hall–Kier alpha value is -2.27. The van der Waals surface area contributed by atoms with Crippen LogP contribution >= 0.6 is 0 Å². The van der Waals surface area contributed by atoms with Gasteiger partial charge in [-0.05, 0) is 31.0 Å². The smallest absolute Gasteiger partial charge is 0.193 e. The number of aliphatic imine (C=N–C) groups is 1. The second-order valence-electron chi connectivity index (χ2n) is 6.67. The minimum atomic E-state index is 0.563. The molecule has 1 fully saturated rings. The van der Waals surface area contributed by atoms with Gasteiger partial charge in [-0.2, -0.15) is 0 Å². The summed E-state index contributed by atoms with van der Waals surface area (Å²) in [4.78, 5) is 7.11. The second-order valence-corrected chi connectivity index (χ2v) is 6.67. The van der Waals surface area contributed by atoms with Crippen molar-refractivity contribution in [3.8, 4) is 0 Å². The highest BCUT2D eigenvalue weighted by Gasteiger charge is 2.24. The number of nitrogens with one attached hydrogen (secondary N) is 1. The largest absolute Gasteiger partial charge is 0.469 e. The zero-order valence-electron chi connectivity index (χ0n) is 15.6. The van der Waals surface area contributed by atoms with Crippen molar-refractivity contribution < 1.29 is 9.15 Å². The average molecular weight is 355 g/mol. The number of rotatable bonds is 8. The Kier molecular flexibility index (Phi) is 7.14. The Morgan fingerprint density at radius 2 is 2.15 bits per heavy atom. The summed E-state index contributed by atoms with van der Waals surface area (Å²) in [6.45, 7) is 7.25. The van der Waals surface area contributed by atoms with Gasteiger partial charge in [0.15, 0.2) is 5.96 Å². The number of furan rings is 1. The maximum absolute atomic E-state index is 5.92. The molecule has 0 spiro atoms. The van der Waals surface area contributed by atoms with Crippen molar-refractivity contribution in [1.82, 2.24) is 10.2 Å². The highest BCUT2D eigenvalue weighted by Crippen LogP contribution is 2.17. The molecule has 0 amide bonds. The summed E-state index contributed by atoms with van der Waals surface area (Å²) in [5.41, 5.74) is 1.23. The summed E-state index contributed by atoms with van der Waals surface area (Å²) in [5, 5.41) is 3.41. The van der Waals surface area contributed by atoms with Gasteiger partial charge in [0.1, 0.15) is 5.76 Å². The first-order valence-electron chi connectivity index (χ1n) is 9.52. The van der Waals surface area contributed by atoms with E-state index in [4.69, 9.17) is 14.1 Å². The van der Waals surface area contributed by atoms with E-state index < -0.39 is 0 Å². The normalized spacial score (nSPS) is 17.7. The van der Waals surface area contributed by atoms with Crippen molar-refractivity contribution in [3.63, 3.8) is 0 Å². The van der Waals surface area contributed by atoms with Gasteiger partial charge < -0.3 is 19.4 Å². The molecule has 1 aromatic carbocycles. The average Bonchev–Trinajstić information content (AvgIpc) is 3.34. The number of ether oxygens (including phenoxy) is 1. The Morgan fingerprint density at radius 3 is 2.92 bits per heavy atom. The van der Waals surface area contributed by atoms with Crippen LogP contribution in [0.2, 0.25) is 0 Å². The van der Waals surface area contributed by atoms with E-state index in [-0.39, 0.29) is 0 Å². The third-order valence-electron chi connectivity index (χ3n) is 4.59. The van der Waals surface area contributed by atoms with Gasteiger partial charge in [-0.25, -0.2) is 0 Å². The fourth-order valence-electron chi connectivity index (χ4n) is 3.23. The quantitative estimate of drug-likeness (QED) is 0.583. The number of guanidine groups is 1. The van der Waals surface area contributed by atoms with Crippen LogP contribution in [0, 0.1) is 5.92 Å². The summed E-state index contributed by atoms with van der Waals surface area (Å²) in [5.74, 6) is 2.55. The van der Waals surface area contributed by atoms with Crippen molar-refractivity contribution >= 4 is 5.96 Å². The van der Waals surface area contributed by atoms with Gasteiger partial charge in [-0.3, -0.25) is 4.99 Å². The Bertz CT molecular complexity index is 655. The van der Waals surface area contributed by atoms with E-state index in [9.17, 15) is 0 Å². The molecule has 26 heavy (non-hydrogen) atoms. The molecule has 1 aliphatic rings. The summed E-state index contributed by atoms with van der Waals surface area (Å²) in [6, 6.07) is 14.3. The molecule has 5 heteroatoms. The molecule has 3 rings (SSSR count). The molecule has 1 atom stereocenters. The Balaban J connectivity index is 1.43. The van der Waals surface area contributed by atoms with Gasteiger partial charge in [0.2, 0.25) is 0 Å². The lowest BCUT2D eigenvalue weighted by atomic mass is 10.1. The van der Waals surface area contributed by atoms with Crippen LogP contribution in [0.5, 0.6) is 0 Å². The third kappa shape index (κ3) is 5.63. The van der Waals surface area contributed by atoms with Crippen LogP contribution in [0.3, 0.4) is 0 Å². The van der Waals surface area contributed by atoms with E-state index in [1.54, 1.807) is 6.26 Å². The first-order chi connectivity index (χ1) is 12.8. The van der Waals surface area contributed by atoms with Crippen molar-refractivity contribution in [1.29, 1.82) is 0 Å². The highest BCUT2D eigenvalue weighted by atomic mass is 16.5. The lowest BCUT2D eigenvalue weighted by Gasteiger charge is -2.21. The fraction of sp³-hybridized carbons (Fsp3) is 0.476. The molecule has 1 aliphatic heterocycles. The molecule has 0 aliphatic carbocycles. The molecule has 1 aromatic heterocycles. The maximum atomic E-state index is 5.92. The number of hydrogen-bond donors (Lipinski definition) is 1. The van der Waals surface area contributed by atoms with E-state index in [1.807, 2.05) is 18.2 Å². The molecule has 2 aromatic rings. The van der Waals surface area contributed by atoms with Crippen molar-refractivity contribution in [2.24, 2.45) is 10.9 Å². The molecule has 0 saturated carbocycles. The van der Waals surface area contributed by atoms with Crippen molar-refractivity contribution in [2.45, 2.75) is 26.4 Å². The zero-order valence-corrected chi connectivity index (χ0v) is 15.6. The summed E-state index contributed by atoms with van der Waals surface area (Å²) < 4.78 is 11.3. The third-order valence-corrected chi connectivity index (χ3v) is 4.59. The SMILES string of the molecule is CCNC(=NCCc1ccco1)N1CCC(COCc2ccccc2)C1. The van der Waals surface area contributed by atoms with Gasteiger partial charge in [-0.15, -0.1) is 0 Å². The Morgan fingerprint density at radius 1 is 1.27 bits per heavy atom. The van der Waals surface area contributed by atoms with Gasteiger partial charge in [-0.1, -0.05) is 30.3 Å². The lowest BCUT2D eigenvalue weighted by Crippen LogP contribution is -2.40. The van der Waals surface area contributed by atoms with Crippen molar-refractivity contribution in [2.75, 3.05) is 32.8 Å². The fourth-order valence-corrected chi connectivity index (χ4v) is 3.23. The number of benzene rings is 1. The van der Waals surface area contributed by atoms with E-state index in [0.717, 1.165) is 57.3 Å². The predicted octanol–water partition coefficient (Wildman–Crippen LogP) is 3.33. The van der Waals surface area contributed by atoms with E-state index in [2.05, 4.69) is 41.4 Å². The molecule has 1 N–H and O–H groups in total. The van der Waals surface area contributed by atoms with Gasteiger partial charge in [0.05, 0.1) is 19.5 Å². The van der Waals surface area contributed by atoms with Crippen LogP contribution in [-0.2, 0) is 17.8 Å². The molecular weight excluding hydrogens is 326 g/mol. The van der Waals surface area contributed by atoms with E-state index in [1.165, 1.54) is 5.56 Å². The lowest BCUT2D eigenvalue weighted by molar-refractivity contribution is 0.0907. The summed E-state index contributed by atoms with van der Waals surface area (Å²) >= 11 is 0. The molecule has 140 valence electrons. The van der Waals surface area contributed by atoms with Gasteiger partial charge >= 0.3 is 0 Å². The monoisotopic (exact) mass is 355 g/mol. The van der Waals surface area contributed by atoms with Gasteiger partial charge in [0, 0.05) is 38.5 Å². The van der Waals surface area contributed by atoms with E-state index >= 15 is 0 Å². The van der Waals surface area contributed by atoms with E-state index in [0.29, 0.717) is 12.5 Å². The predicted molar refractivity (Wildman–Crippen MR) is 104 cm³/mol. The second kappa shape index (κ2) is 10.0. The molecule has 0 radical (unpaired) electrons. The highest BCUT2D eigenvalue weighted by molar-refractivity contribution is 5.80. The molecule has 0 bridgehead atoms. The van der Waals surface area contributed by atoms with Crippen LogP contribution in [0.1, 0.15) is 24.7 Å². The Labute approximate surface area is 156 Å². The van der Waals surface area contributed by atoms with Crippen LogP contribution in [0.15, 0.2) is 58.1 Å². The first kappa shape index (κ1) is 18.5. The summed E-state index contributed by atoms with van der Waals surface area (Å²) in [6.07, 6.45) is 3.70. The van der Waals surface area contributed by atoms with Crippen LogP contribution in [-0.4, -0.2) is 43.6 Å². The summed E-state index contributed by atoms with van der Waals surface area (Å²) in [7, 11) is 0. The molecule has 1 saturated heterocycles. The van der Waals surface area contributed by atoms with Crippen LogP contribution in [0.4, 0.5) is 0 Å². The number of nitrogens with zero attached hydrogens (tertiary/aromatic N) is 2. The minimum absolute atomic E-state index is 0.563. The molecule has 5 nitrogen and oxygen atoms in total. The maximum Gasteiger partial charge on any atom is 0.193 e. The number of likely N-dealkylation sites (tertiary alicyclic amines) is 1.